The zero-order valence-electron chi connectivity index (χ0n) is 40.4. The average Bonchev–Trinajstić information content (AvgIpc) is 3.55. The van der Waals surface area contributed by atoms with Gasteiger partial charge in [-0.25, -0.2) is 0 Å². The third-order valence-electron chi connectivity index (χ3n) is 15.4. The van der Waals surface area contributed by atoms with Crippen LogP contribution >= 0.6 is 0 Å². The lowest BCUT2D eigenvalue weighted by atomic mass is 9.30. The van der Waals surface area contributed by atoms with E-state index in [1.54, 1.807) is 0 Å². The van der Waals surface area contributed by atoms with Crippen molar-refractivity contribution in [3.63, 3.8) is 0 Å². The molecule has 5 aliphatic rings. The van der Waals surface area contributed by atoms with E-state index in [1.165, 1.54) is 0 Å². The summed E-state index contributed by atoms with van der Waals surface area (Å²) in [5.74, 6) is 4.64. The topological polar surface area (TPSA) is 40.7 Å². The quantitative estimate of drug-likeness (QED) is 0.141. The molecule has 0 N–H and O–H groups in total. The monoisotopic (exact) mass is 960 g/mol. The van der Waals surface area contributed by atoms with Crippen LogP contribution < -0.4 is 66.6 Å². The fourth-order valence-electron chi connectivity index (χ4n) is 12.4. The summed E-state index contributed by atoms with van der Waals surface area (Å²) in [6.45, 7) is -0.511. The third-order valence-corrected chi connectivity index (χ3v) is 15.4. The Morgan fingerprint density at radius 3 is 0.960 bits per heavy atom. The Morgan fingerprint density at radius 1 is 0.253 bits per heavy atom. The van der Waals surface area contributed by atoms with Gasteiger partial charge in [0.2, 0.25) is 0 Å². The van der Waals surface area contributed by atoms with Crippen LogP contribution in [0.5, 0.6) is 34.5 Å². The molecule has 75 heavy (non-hydrogen) atoms. The summed E-state index contributed by atoms with van der Waals surface area (Å²) in [5.41, 5.74) is 18.8. The molecule has 0 saturated carbocycles. The summed E-state index contributed by atoms with van der Waals surface area (Å²) in [7, 11) is 0. The Kier molecular flexibility index (Phi) is 9.09. The summed E-state index contributed by atoms with van der Waals surface area (Å²) >= 11 is 0. The molecule has 0 spiro atoms. The van der Waals surface area contributed by atoms with Crippen LogP contribution in [0.3, 0.4) is 0 Å². The van der Waals surface area contributed by atoms with Gasteiger partial charge < -0.3 is 33.8 Å². The first-order chi connectivity index (χ1) is 37.2. The number of ether oxygens (including phenoxy) is 3. The van der Waals surface area contributed by atoms with Crippen LogP contribution in [0.4, 0.5) is 68.2 Å². The van der Waals surface area contributed by atoms with Gasteiger partial charge in [-0.3, -0.25) is 0 Å². The van der Waals surface area contributed by atoms with Gasteiger partial charge in [0.05, 0.1) is 11.4 Å². The van der Waals surface area contributed by atoms with Crippen molar-refractivity contribution in [1.29, 1.82) is 0 Å². The Hall–Kier alpha value is -9.85. The van der Waals surface area contributed by atoms with Crippen LogP contribution in [0.15, 0.2) is 255 Å². The van der Waals surface area contributed by atoms with Crippen molar-refractivity contribution in [2.24, 2.45) is 0 Å². The van der Waals surface area contributed by atoms with Gasteiger partial charge in [-0.2, -0.15) is 0 Å². The first kappa shape index (κ1) is 41.7. The molecule has 9 heteroatoms. The van der Waals surface area contributed by atoms with Gasteiger partial charge in [0.15, 0.2) is 0 Å². The van der Waals surface area contributed by atoms with Crippen LogP contribution in [0.1, 0.15) is 0 Å². The molecule has 0 saturated heterocycles. The molecule has 5 aliphatic heterocycles. The van der Waals surface area contributed by atoms with Crippen molar-refractivity contribution in [3.8, 4) is 34.5 Å². The molecular formula is C66H42B2N4O3. The Bertz CT molecular complexity index is 3740. The highest BCUT2D eigenvalue weighted by Gasteiger charge is 2.50. The molecule has 0 aliphatic carbocycles. The fraction of sp³-hybridized carbons (Fsp3) is 0. The third kappa shape index (κ3) is 6.31. The van der Waals surface area contributed by atoms with E-state index in [4.69, 9.17) is 14.2 Å². The first-order valence-corrected chi connectivity index (χ1v) is 25.6. The fourth-order valence-corrected chi connectivity index (χ4v) is 12.4. The molecule has 7 nitrogen and oxygen atoms in total. The van der Waals surface area contributed by atoms with Crippen molar-refractivity contribution in [2.75, 3.05) is 19.6 Å². The standard InChI is InChI=1S/C66H42B2N4O3/c1-7-21-43(22-8-1)69(44-23-9-2-10-24-44)49-37-55-65-61(39-49)74-59-42-60-52-41-51(59)67(65)63-53(71(55)47-29-15-5-16-30-47)33-19-35-57(63)73-58-36-20-34-54-64(58)68(52)66-56(72(54)48-31-17-6-18-32-48)38-50(40-62(66)75-60)70(45-25-11-3-12-26-45)46-27-13-4-14-28-46/h1-42H. The number of anilines is 12. The lowest BCUT2D eigenvalue weighted by Crippen LogP contribution is -2.64. The molecular weight excluding hydrogens is 918 g/mol. The maximum atomic E-state index is 7.62. The molecule has 16 rings (SSSR count). The van der Waals surface area contributed by atoms with Crippen molar-refractivity contribution < 1.29 is 14.2 Å². The summed E-state index contributed by atoms with van der Waals surface area (Å²) in [6, 6.07) is 90.4. The largest absolute Gasteiger partial charge is 0.458 e. The zero-order chi connectivity index (χ0) is 49.1. The van der Waals surface area contributed by atoms with Gasteiger partial charge in [-0.1, -0.05) is 127 Å². The molecule has 11 aromatic carbocycles. The molecule has 0 radical (unpaired) electrons. The van der Waals surface area contributed by atoms with Gasteiger partial charge >= 0.3 is 0 Å². The highest BCUT2D eigenvalue weighted by molar-refractivity contribution is 7.02. The molecule has 11 aromatic rings. The van der Waals surface area contributed by atoms with E-state index in [-0.39, 0.29) is 13.4 Å². The maximum Gasteiger partial charge on any atom is 0.261 e. The minimum absolute atomic E-state index is 0.256. The normalized spacial score (nSPS) is 13.3. The Morgan fingerprint density at radius 2 is 0.587 bits per heavy atom. The van der Waals surface area contributed by atoms with E-state index in [0.717, 1.165) is 136 Å². The lowest BCUT2D eigenvalue weighted by molar-refractivity contribution is 0.465. The second-order valence-corrected chi connectivity index (χ2v) is 19.6. The highest BCUT2D eigenvalue weighted by atomic mass is 16.5. The molecule has 2 bridgehead atoms. The van der Waals surface area contributed by atoms with E-state index in [0.29, 0.717) is 0 Å². The minimum atomic E-state index is -0.256. The smallest absolute Gasteiger partial charge is 0.261 e. The molecule has 0 atom stereocenters. The van der Waals surface area contributed by atoms with Crippen LogP contribution in [-0.4, -0.2) is 13.4 Å². The lowest BCUT2D eigenvalue weighted by Gasteiger charge is -2.44. The molecule has 5 heterocycles. The second kappa shape index (κ2) is 16.3. The number of rotatable bonds is 8. The van der Waals surface area contributed by atoms with Crippen LogP contribution in [0.2, 0.25) is 0 Å². The predicted molar refractivity (Wildman–Crippen MR) is 308 cm³/mol. The first-order valence-electron chi connectivity index (χ1n) is 25.6. The van der Waals surface area contributed by atoms with Crippen LogP contribution in [0, 0.1) is 0 Å². The SMILES string of the molecule is c1ccc(N(c2ccccc2)c2cc3c4c(c2)N(c2ccccc2)c2cccc5c2B4c2cc4c(cc2O3)Oc2cc(N(c3ccccc3)c3ccccc3)cc3c2B4c2c(cccc2N3c2ccccc2)O5)cc1. The van der Waals surface area contributed by atoms with E-state index < -0.39 is 0 Å². The minimum Gasteiger partial charge on any atom is -0.458 e. The second-order valence-electron chi connectivity index (χ2n) is 19.6. The highest BCUT2D eigenvalue weighted by Crippen LogP contribution is 2.50. The number of hydrogen-bond acceptors (Lipinski definition) is 7. The summed E-state index contributed by atoms with van der Waals surface area (Å²) in [6.07, 6.45) is 0. The van der Waals surface area contributed by atoms with Crippen molar-refractivity contribution in [2.45, 2.75) is 0 Å². The predicted octanol–water partition coefficient (Wildman–Crippen LogP) is 13.5. The van der Waals surface area contributed by atoms with Crippen molar-refractivity contribution >= 4 is 114 Å². The molecule has 350 valence electrons. The van der Waals surface area contributed by atoms with Gasteiger partial charge in [-0.05, 0) is 142 Å². The average molecular weight is 961 g/mol. The summed E-state index contributed by atoms with van der Waals surface area (Å²) in [4.78, 5) is 9.42. The molecule has 0 unspecified atom stereocenters. The van der Waals surface area contributed by atoms with E-state index in [2.05, 4.69) is 274 Å². The maximum absolute atomic E-state index is 7.62. The Balaban J connectivity index is 0.977. The zero-order valence-corrected chi connectivity index (χ0v) is 40.4. The van der Waals surface area contributed by atoms with Gasteiger partial charge in [0.25, 0.3) is 13.4 Å². The van der Waals surface area contributed by atoms with Gasteiger partial charge in [0, 0.05) is 75.1 Å². The van der Waals surface area contributed by atoms with Crippen molar-refractivity contribution in [3.05, 3.63) is 255 Å². The van der Waals surface area contributed by atoms with Crippen LogP contribution in [-0.2, 0) is 0 Å². The van der Waals surface area contributed by atoms with E-state index >= 15 is 0 Å². The Labute approximate surface area is 435 Å². The molecule has 0 fully saturated rings. The van der Waals surface area contributed by atoms with Crippen molar-refractivity contribution in [1.82, 2.24) is 0 Å². The number of nitrogens with zero attached hydrogens (tertiary/aromatic N) is 4. The molecule has 0 amide bonds. The number of hydrogen-bond donors (Lipinski definition) is 0. The van der Waals surface area contributed by atoms with Gasteiger partial charge in [0.1, 0.15) is 34.5 Å². The summed E-state index contributed by atoms with van der Waals surface area (Å²) < 4.78 is 22.5. The number of para-hydroxylation sites is 6. The summed E-state index contributed by atoms with van der Waals surface area (Å²) in [5, 5.41) is 0. The molecule has 0 aromatic heterocycles. The van der Waals surface area contributed by atoms with Crippen LogP contribution in [0.25, 0.3) is 0 Å². The van der Waals surface area contributed by atoms with E-state index in [1.807, 2.05) is 0 Å². The van der Waals surface area contributed by atoms with Gasteiger partial charge in [-0.15, -0.1) is 0 Å². The number of benzene rings is 11. The van der Waals surface area contributed by atoms with E-state index in [9.17, 15) is 0 Å².